The van der Waals surface area contributed by atoms with Gasteiger partial charge >= 0.3 is 5.97 Å². The van der Waals surface area contributed by atoms with Crippen LogP contribution < -0.4 is 5.73 Å². The van der Waals surface area contributed by atoms with E-state index < -0.39 is 36.3 Å². The van der Waals surface area contributed by atoms with Crippen molar-refractivity contribution < 1.29 is 24.1 Å². The molecule has 0 aliphatic carbocycles. The molecule has 1 unspecified atom stereocenters. The summed E-state index contributed by atoms with van der Waals surface area (Å²) in [4.78, 5) is 24.1. The highest BCUT2D eigenvalue weighted by molar-refractivity contribution is 14.1. The minimum atomic E-state index is -1.14. The molecule has 0 aromatic carbocycles. The second-order valence-electron chi connectivity index (χ2n) is 6.05. The number of hydrogen-bond acceptors (Lipinski definition) is 8. The summed E-state index contributed by atoms with van der Waals surface area (Å²) in [7, 11) is 0. The summed E-state index contributed by atoms with van der Waals surface area (Å²) in [6.45, 7) is 3.47. The van der Waals surface area contributed by atoms with E-state index in [1.807, 2.05) is 22.6 Å². The highest BCUT2D eigenvalue weighted by Crippen LogP contribution is 2.43. The normalized spacial score (nSPS) is 31.5. The van der Waals surface area contributed by atoms with Crippen molar-refractivity contribution in [2.24, 2.45) is 0 Å². The molecule has 2 fully saturated rings. The van der Waals surface area contributed by atoms with E-state index in [9.17, 15) is 9.90 Å². The molecule has 4 atom stereocenters. The van der Waals surface area contributed by atoms with Crippen LogP contribution >= 0.6 is 22.6 Å². The highest BCUT2D eigenvalue weighted by Gasteiger charge is 2.58. The van der Waals surface area contributed by atoms with Gasteiger partial charge in [-0.05, 0) is 13.8 Å². The molecule has 128 valence electrons. The first kappa shape index (κ1) is 15.9. The molecule has 2 aliphatic heterocycles. The number of nitrogen functional groups attached to an aromatic ring is 1. The van der Waals surface area contributed by atoms with E-state index in [2.05, 4.69) is 15.0 Å². The monoisotopic (exact) mass is 447 g/mol. The summed E-state index contributed by atoms with van der Waals surface area (Å²) in [5, 5.41) is 9.42. The molecule has 2 aromatic rings. The number of halogens is 1. The second kappa shape index (κ2) is 5.21. The van der Waals surface area contributed by atoms with E-state index in [1.54, 1.807) is 18.4 Å². The average Bonchev–Trinajstić information content (AvgIpc) is 3.09. The first-order valence-corrected chi connectivity index (χ1v) is 8.24. The average molecular weight is 447 g/mol. The van der Waals surface area contributed by atoms with Gasteiger partial charge in [0.1, 0.15) is 17.7 Å². The minimum absolute atomic E-state index is 0.247. The number of carbonyl (C=O) groups is 1. The van der Waals surface area contributed by atoms with E-state index in [1.165, 1.54) is 6.33 Å². The predicted molar refractivity (Wildman–Crippen MR) is 87.8 cm³/mol. The fraction of sp³-hybridized carbons (Fsp3) is 0.538. The van der Waals surface area contributed by atoms with Crippen LogP contribution in [0.2, 0.25) is 0 Å². The number of rotatable bonds is 2. The zero-order valence-electron chi connectivity index (χ0n) is 12.7. The first-order valence-electron chi connectivity index (χ1n) is 7.16. The Labute approximate surface area is 149 Å². The topological polar surface area (TPSA) is 135 Å². The van der Waals surface area contributed by atoms with E-state index in [0.717, 1.165) is 0 Å². The number of aliphatic carboxylic acids is 1. The van der Waals surface area contributed by atoms with Crippen molar-refractivity contribution in [1.82, 2.24) is 19.5 Å². The molecule has 2 saturated heterocycles. The van der Waals surface area contributed by atoms with Gasteiger partial charge in [0.05, 0.1) is 6.33 Å². The van der Waals surface area contributed by atoms with Crippen LogP contribution in [0.25, 0.3) is 11.2 Å². The predicted octanol–water partition coefficient (Wildman–Crippen LogP) is 0.515. The lowest BCUT2D eigenvalue weighted by Crippen LogP contribution is -2.35. The van der Waals surface area contributed by atoms with Crippen LogP contribution in [0, 0.1) is 3.83 Å². The number of ether oxygens (including phenoxy) is 3. The number of fused-ring (bicyclic) bond motifs is 2. The summed E-state index contributed by atoms with van der Waals surface area (Å²) in [5.74, 6) is -1.76. The lowest BCUT2D eigenvalue weighted by molar-refractivity contribution is -0.202. The van der Waals surface area contributed by atoms with Gasteiger partial charge in [0.2, 0.25) is 0 Å². The molecule has 2 aromatic heterocycles. The van der Waals surface area contributed by atoms with Gasteiger partial charge < -0.3 is 25.1 Å². The zero-order chi connectivity index (χ0) is 17.2. The third kappa shape index (κ3) is 2.34. The number of nitrogens with two attached hydrogens (primary N) is 1. The van der Waals surface area contributed by atoms with Crippen LogP contribution in [0.15, 0.2) is 6.33 Å². The maximum atomic E-state index is 11.5. The Morgan fingerprint density at radius 3 is 2.79 bits per heavy atom. The molecule has 10 nitrogen and oxygen atoms in total. The number of hydrogen-bond donors (Lipinski definition) is 2. The fourth-order valence-electron chi connectivity index (χ4n) is 3.10. The van der Waals surface area contributed by atoms with Crippen molar-refractivity contribution in [3.63, 3.8) is 0 Å². The number of nitrogens with zero attached hydrogens (tertiary/aromatic N) is 4. The van der Waals surface area contributed by atoms with Crippen molar-refractivity contribution in [2.75, 3.05) is 5.73 Å². The second-order valence-corrected chi connectivity index (χ2v) is 7.02. The number of anilines is 1. The molecular formula is C13H14IN5O5. The van der Waals surface area contributed by atoms with Gasteiger partial charge in [-0.2, -0.15) is 0 Å². The maximum Gasteiger partial charge on any atom is 0.335 e. The van der Waals surface area contributed by atoms with Gasteiger partial charge in [0.25, 0.3) is 0 Å². The van der Waals surface area contributed by atoms with Gasteiger partial charge in [-0.25, -0.2) is 19.7 Å². The molecule has 0 radical (unpaired) electrons. The Morgan fingerprint density at radius 1 is 1.38 bits per heavy atom. The number of carboxylic acids is 1. The highest BCUT2D eigenvalue weighted by atomic mass is 127. The number of carboxylic acid groups (broad SMARTS) is 1. The Bertz CT molecular complexity index is 840. The summed E-state index contributed by atoms with van der Waals surface area (Å²) >= 11 is 1.95. The third-order valence-electron chi connectivity index (χ3n) is 3.97. The fourth-order valence-corrected chi connectivity index (χ4v) is 3.58. The molecule has 11 heteroatoms. The molecule has 4 rings (SSSR count). The van der Waals surface area contributed by atoms with E-state index in [4.69, 9.17) is 19.9 Å². The quantitative estimate of drug-likeness (QED) is 0.499. The first-order chi connectivity index (χ1) is 11.3. The Hall–Kier alpha value is -1.57. The lowest BCUT2D eigenvalue weighted by Gasteiger charge is -2.23. The maximum absolute atomic E-state index is 11.5. The standard InChI is InChI=1S/C13H14IN5O5/c1-13(2)23-5-6(24-13)10(22-7(5)11(20)21)19-3-16-4-8(15)17-12(14)18-9(4)19/h3,5-7,10H,1-2H3,(H,20,21)(H2,15,17,18)/t5?,6-,7-,10+/m0/s1. The van der Waals surface area contributed by atoms with Crippen LogP contribution in [0.5, 0.6) is 0 Å². The molecule has 24 heavy (non-hydrogen) atoms. The molecular weight excluding hydrogens is 433 g/mol. The van der Waals surface area contributed by atoms with Gasteiger partial charge in [0, 0.05) is 22.6 Å². The molecule has 0 bridgehead atoms. The molecule has 4 heterocycles. The van der Waals surface area contributed by atoms with Crippen LogP contribution in [0.4, 0.5) is 5.82 Å². The van der Waals surface area contributed by atoms with Gasteiger partial charge in [-0.15, -0.1) is 0 Å². The lowest BCUT2D eigenvalue weighted by atomic mass is 10.1. The van der Waals surface area contributed by atoms with Crippen LogP contribution in [0.1, 0.15) is 20.1 Å². The number of imidazole rings is 1. The summed E-state index contributed by atoms with van der Waals surface area (Å²) in [6, 6.07) is 0. The molecule has 0 saturated carbocycles. The smallest absolute Gasteiger partial charge is 0.335 e. The summed E-state index contributed by atoms with van der Waals surface area (Å²) < 4.78 is 19.3. The van der Waals surface area contributed by atoms with E-state index in [-0.39, 0.29) is 5.82 Å². The zero-order valence-corrected chi connectivity index (χ0v) is 14.9. The Morgan fingerprint density at radius 2 is 2.08 bits per heavy atom. The van der Waals surface area contributed by atoms with Crippen molar-refractivity contribution in [3.8, 4) is 0 Å². The molecule has 0 amide bonds. The summed E-state index contributed by atoms with van der Waals surface area (Å²) in [5.41, 5.74) is 6.75. The SMILES string of the molecule is CC1(C)OC2[C@@H](C(=O)O)O[C@@H](n3cnc4c(N)nc(I)nc43)[C@H]2O1. The van der Waals surface area contributed by atoms with Crippen LogP contribution in [0.3, 0.4) is 0 Å². The van der Waals surface area contributed by atoms with Gasteiger partial charge in [-0.1, -0.05) is 0 Å². The van der Waals surface area contributed by atoms with Crippen molar-refractivity contribution in [2.45, 2.75) is 44.2 Å². The van der Waals surface area contributed by atoms with Crippen molar-refractivity contribution in [3.05, 3.63) is 10.2 Å². The van der Waals surface area contributed by atoms with Gasteiger partial charge in [-0.3, -0.25) is 4.57 Å². The Kier molecular flexibility index (Phi) is 3.46. The summed E-state index contributed by atoms with van der Waals surface area (Å²) in [6.07, 6.45) is -1.72. The molecule has 2 aliphatic rings. The third-order valence-corrected chi connectivity index (χ3v) is 4.45. The Balaban J connectivity index is 1.80. The van der Waals surface area contributed by atoms with Crippen molar-refractivity contribution in [1.29, 1.82) is 0 Å². The largest absolute Gasteiger partial charge is 0.479 e. The van der Waals surface area contributed by atoms with E-state index >= 15 is 0 Å². The van der Waals surface area contributed by atoms with Crippen molar-refractivity contribution >= 4 is 45.5 Å². The number of aromatic nitrogens is 4. The van der Waals surface area contributed by atoms with E-state index in [0.29, 0.717) is 15.0 Å². The minimum Gasteiger partial charge on any atom is -0.479 e. The molecule has 3 N–H and O–H groups in total. The molecule has 0 spiro atoms. The van der Waals surface area contributed by atoms with Gasteiger partial charge in [0.15, 0.2) is 33.4 Å². The van der Waals surface area contributed by atoms with Crippen LogP contribution in [-0.4, -0.2) is 54.7 Å². The van der Waals surface area contributed by atoms with Crippen LogP contribution in [-0.2, 0) is 19.0 Å².